The molecule has 1 aromatic heterocycles. The van der Waals surface area contributed by atoms with Gasteiger partial charge in [-0.05, 0) is 26.3 Å². The summed E-state index contributed by atoms with van der Waals surface area (Å²) in [6, 6.07) is 1.11. The molecule has 4 N–H and O–H groups in total. The van der Waals surface area contributed by atoms with Gasteiger partial charge >= 0.3 is 0 Å². The van der Waals surface area contributed by atoms with Crippen LogP contribution in [-0.2, 0) is 10.0 Å². The zero-order valence-electron chi connectivity index (χ0n) is 9.17. The van der Waals surface area contributed by atoms with E-state index in [2.05, 4.69) is 4.72 Å². The van der Waals surface area contributed by atoms with Gasteiger partial charge < -0.3 is 10.8 Å². The van der Waals surface area contributed by atoms with E-state index in [-0.39, 0.29) is 10.3 Å². The number of sulfonamides is 1. The quantitative estimate of drug-likeness (QED) is 0.732. The van der Waals surface area contributed by atoms with Gasteiger partial charge in [0.05, 0.1) is 6.10 Å². The number of hydrogen-bond acceptors (Lipinski definition) is 5. The Morgan fingerprint density at radius 3 is 2.62 bits per heavy atom. The van der Waals surface area contributed by atoms with Crippen molar-refractivity contribution in [3.63, 3.8) is 0 Å². The highest BCUT2D eigenvalue weighted by atomic mass is 32.2. The Morgan fingerprint density at radius 2 is 2.19 bits per heavy atom. The van der Waals surface area contributed by atoms with Gasteiger partial charge in [-0.2, -0.15) is 0 Å². The Morgan fingerprint density at radius 1 is 1.56 bits per heavy atom. The van der Waals surface area contributed by atoms with Crippen LogP contribution in [-0.4, -0.2) is 25.7 Å². The molecular weight excluding hydrogens is 248 g/mol. The normalized spacial score (nSPS) is 15.9. The van der Waals surface area contributed by atoms with E-state index in [1.807, 2.05) is 0 Å². The number of nitrogens with one attached hydrogen (secondary N) is 1. The zero-order valence-corrected chi connectivity index (χ0v) is 10.8. The van der Waals surface area contributed by atoms with E-state index in [4.69, 9.17) is 10.8 Å². The maximum atomic E-state index is 11.8. The largest absolute Gasteiger partial charge is 0.398 e. The third kappa shape index (κ3) is 3.75. The highest BCUT2D eigenvalue weighted by molar-refractivity contribution is 7.91. The molecule has 1 aromatic rings. The fourth-order valence-electron chi connectivity index (χ4n) is 1.35. The Balaban J connectivity index is 2.73. The van der Waals surface area contributed by atoms with Crippen LogP contribution >= 0.6 is 11.3 Å². The summed E-state index contributed by atoms with van der Waals surface area (Å²) in [6.07, 6.45) is -0.161. The van der Waals surface area contributed by atoms with E-state index >= 15 is 0 Å². The lowest BCUT2D eigenvalue weighted by molar-refractivity contribution is 0.175. The number of nitrogen functional groups attached to an aromatic ring is 1. The number of nitrogens with two attached hydrogens (primary N) is 1. The molecule has 0 radical (unpaired) electrons. The first-order valence-electron chi connectivity index (χ1n) is 4.85. The number of aliphatic hydroxyl groups excluding tert-OH is 1. The molecule has 0 amide bonds. The SMILES string of the molecule is CC(O)CC(C)NS(=O)(=O)c1cc(N)cs1. The predicted molar refractivity (Wildman–Crippen MR) is 64.8 cm³/mol. The Bertz CT molecular complexity index is 439. The standard InChI is InChI=1S/C9H16N2O3S2/c1-6(3-7(2)12)11-16(13,14)9-4-8(10)5-15-9/h4-7,11-12H,3,10H2,1-2H3. The molecule has 0 saturated carbocycles. The summed E-state index contributed by atoms with van der Waals surface area (Å²) in [6.45, 7) is 3.33. The van der Waals surface area contributed by atoms with Gasteiger partial charge in [0, 0.05) is 17.1 Å². The van der Waals surface area contributed by atoms with Gasteiger partial charge in [-0.3, -0.25) is 0 Å². The fourth-order valence-corrected chi connectivity index (χ4v) is 3.71. The van der Waals surface area contributed by atoms with E-state index in [1.165, 1.54) is 6.07 Å². The van der Waals surface area contributed by atoms with Crippen LogP contribution in [0.5, 0.6) is 0 Å². The second kappa shape index (κ2) is 5.13. The molecule has 1 heterocycles. The molecule has 7 heteroatoms. The molecule has 0 aliphatic rings. The Kier molecular flexibility index (Phi) is 4.31. The summed E-state index contributed by atoms with van der Waals surface area (Å²) < 4.78 is 26.3. The van der Waals surface area contributed by atoms with Crippen molar-refractivity contribution in [2.45, 2.75) is 36.6 Å². The van der Waals surface area contributed by atoms with Crippen LogP contribution in [0.3, 0.4) is 0 Å². The summed E-state index contributed by atoms with van der Waals surface area (Å²) in [5, 5.41) is 10.7. The second-order valence-electron chi connectivity index (χ2n) is 3.81. The Hall–Kier alpha value is -0.630. The van der Waals surface area contributed by atoms with Crippen molar-refractivity contribution in [2.24, 2.45) is 0 Å². The van der Waals surface area contributed by atoms with Crippen molar-refractivity contribution in [3.05, 3.63) is 11.4 Å². The molecule has 16 heavy (non-hydrogen) atoms. The molecule has 92 valence electrons. The average Bonchev–Trinajstić information content (AvgIpc) is 2.49. The van der Waals surface area contributed by atoms with E-state index in [0.29, 0.717) is 12.1 Å². The fraction of sp³-hybridized carbons (Fsp3) is 0.556. The first-order valence-corrected chi connectivity index (χ1v) is 7.22. The van der Waals surface area contributed by atoms with E-state index < -0.39 is 16.1 Å². The highest BCUT2D eigenvalue weighted by Gasteiger charge is 2.19. The summed E-state index contributed by atoms with van der Waals surface area (Å²) in [5.74, 6) is 0. The molecule has 0 aliphatic heterocycles. The van der Waals surface area contributed by atoms with E-state index in [1.54, 1.807) is 19.2 Å². The van der Waals surface area contributed by atoms with E-state index in [9.17, 15) is 8.42 Å². The van der Waals surface area contributed by atoms with Crippen LogP contribution < -0.4 is 10.5 Å². The minimum atomic E-state index is -3.51. The van der Waals surface area contributed by atoms with Gasteiger partial charge in [-0.25, -0.2) is 13.1 Å². The molecule has 0 fully saturated rings. The molecule has 0 spiro atoms. The molecule has 0 aliphatic carbocycles. The summed E-state index contributed by atoms with van der Waals surface area (Å²) >= 11 is 1.08. The van der Waals surface area contributed by atoms with Crippen molar-refractivity contribution < 1.29 is 13.5 Å². The van der Waals surface area contributed by atoms with Crippen LogP contribution in [0.1, 0.15) is 20.3 Å². The highest BCUT2D eigenvalue weighted by Crippen LogP contribution is 2.21. The lowest BCUT2D eigenvalue weighted by atomic mass is 10.2. The smallest absolute Gasteiger partial charge is 0.250 e. The van der Waals surface area contributed by atoms with Crippen LogP contribution in [0.15, 0.2) is 15.7 Å². The van der Waals surface area contributed by atoms with Crippen LogP contribution in [0.2, 0.25) is 0 Å². The molecular formula is C9H16N2O3S2. The minimum absolute atomic E-state index is 0.197. The molecule has 5 nitrogen and oxygen atoms in total. The number of rotatable bonds is 5. The number of aliphatic hydroxyl groups is 1. The molecule has 0 aromatic carbocycles. The first kappa shape index (κ1) is 13.4. The predicted octanol–water partition coefficient (Wildman–Crippen LogP) is 0.768. The van der Waals surface area contributed by atoms with Crippen LogP contribution in [0.25, 0.3) is 0 Å². The lowest BCUT2D eigenvalue weighted by Crippen LogP contribution is -2.34. The average molecular weight is 264 g/mol. The second-order valence-corrected chi connectivity index (χ2v) is 6.66. The maximum absolute atomic E-state index is 11.8. The number of thiophene rings is 1. The molecule has 2 unspecified atom stereocenters. The molecule has 1 rings (SSSR count). The zero-order chi connectivity index (χ0) is 12.3. The van der Waals surface area contributed by atoms with Gasteiger partial charge in [0.15, 0.2) is 0 Å². The minimum Gasteiger partial charge on any atom is -0.398 e. The molecule has 2 atom stereocenters. The third-order valence-electron chi connectivity index (χ3n) is 1.91. The van der Waals surface area contributed by atoms with Crippen molar-refractivity contribution in [1.82, 2.24) is 4.72 Å². The van der Waals surface area contributed by atoms with Crippen LogP contribution in [0.4, 0.5) is 5.69 Å². The van der Waals surface area contributed by atoms with Crippen LogP contribution in [0, 0.1) is 0 Å². The lowest BCUT2D eigenvalue weighted by Gasteiger charge is -2.14. The van der Waals surface area contributed by atoms with Gasteiger partial charge in [-0.1, -0.05) is 0 Å². The topological polar surface area (TPSA) is 92.4 Å². The summed E-state index contributed by atoms with van der Waals surface area (Å²) in [5.41, 5.74) is 5.90. The monoisotopic (exact) mass is 264 g/mol. The van der Waals surface area contributed by atoms with Crippen molar-refractivity contribution in [1.29, 1.82) is 0 Å². The molecule has 0 saturated heterocycles. The van der Waals surface area contributed by atoms with E-state index in [0.717, 1.165) is 11.3 Å². The van der Waals surface area contributed by atoms with Crippen molar-refractivity contribution >= 4 is 27.0 Å². The first-order chi connectivity index (χ1) is 7.31. The number of hydrogen-bond donors (Lipinski definition) is 3. The van der Waals surface area contributed by atoms with Gasteiger partial charge in [0.1, 0.15) is 4.21 Å². The molecule has 0 bridgehead atoms. The van der Waals surface area contributed by atoms with Crippen molar-refractivity contribution in [2.75, 3.05) is 5.73 Å². The van der Waals surface area contributed by atoms with Crippen molar-refractivity contribution in [3.8, 4) is 0 Å². The Labute approximate surface area is 99.3 Å². The summed E-state index contributed by atoms with van der Waals surface area (Å²) in [4.78, 5) is 0. The summed E-state index contributed by atoms with van der Waals surface area (Å²) in [7, 11) is -3.51. The third-order valence-corrected chi connectivity index (χ3v) is 4.96. The van der Waals surface area contributed by atoms with Gasteiger partial charge in [-0.15, -0.1) is 11.3 Å². The number of anilines is 1. The van der Waals surface area contributed by atoms with Gasteiger partial charge in [0.2, 0.25) is 10.0 Å². The van der Waals surface area contributed by atoms with Gasteiger partial charge in [0.25, 0.3) is 0 Å². The maximum Gasteiger partial charge on any atom is 0.250 e.